The van der Waals surface area contributed by atoms with E-state index in [0.717, 1.165) is 23.3 Å². The maximum atomic E-state index is 12.4. The fourth-order valence-corrected chi connectivity index (χ4v) is 3.93. The van der Waals surface area contributed by atoms with Gasteiger partial charge in [-0.25, -0.2) is 0 Å². The minimum absolute atomic E-state index is 0.0229. The Morgan fingerprint density at radius 2 is 1.89 bits per heavy atom. The monoisotopic (exact) mass is 388 g/mol. The van der Waals surface area contributed by atoms with E-state index in [1.54, 1.807) is 20.3 Å². The third kappa shape index (κ3) is 4.80. The molecule has 144 valence electrons. The summed E-state index contributed by atoms with van der Waals surface area (Å²) in [6, 6.07) is 9.33. The van der Waals surface area contributed by atoms with Crippen LogP contribution < -0.4 is 14.8 Å². The number of nitrogens with one attached hydrogen (secondary N) is 1. The number of benzene rings is 1. The van der Waals surface area contributed by atoms with Gasteiger partial charge in [0.05, 0.1) is 25.5 Å². The van der Waals surface area contributed by atoms with E-state index in [4.69, 9.17) is 9.47 Å². The zero-order valence-electron chi connectivity index (χ0n) is 15.6. The van der Waals surface area contributed by atoms with Crippen LogP contribution in [0.3, 0.4) is 0 Å². The Bertz CT molecular complexity index is 783. The quantitative estimate of drug-likeness (QED) is 0.826. The summed E-state index contributed by atoms with van der Waals surface area (Å²) >= 11 is 1.46. The van der Waals surface area contributed by atoms with Crippen LogP contribution in [0.15, 0.2) is 35.7 Å². The lowest BCUT2D eigenvalue weighted by molar-refractivity contribution is -0.121. The summed E-state index contributed by atoms with van der Waals surface area (Å²) in [5, 5.41) is 4.99. The topological polar surface area (TPSA) is 67.9 Å². The zero-order valence-corrected chi connectivity index (χ0v) is 16.4. The van der Waals surface area contributed by atoms with Gasteiger partial charge < -0.3 is 19.7 Å². The van der Waals surface area contributed by atoms with Crippen molar-refractivity contribution in [3.05, 3.63) is 46.2 Å². The second kappa shape index (κ2) is 8.90. The molecule has 27 heavy (non-hydrogen) atoms. The number of thiophene rings is 1. The van der Waals surface area contributed by atoms with Crippen molar-refractivity contribution in [2.75, 3.05) is 27.3 Å². The molecular weight excluding hydrogens is 364 g/mol. The van der Waals surface area contributed by atoms with E-state index in [-0.39, 0.29) is 24.3 Å². The maximum absolute atomic E-state index is 12.4. The maximum Gasteiger partial charge on any atom is 0.263 e. The van der Waals surface area contributed by atoms with E-state index in [9.17, 15) is 9.59 Å². The standard InChI is InChI=1S/C20H24N2O4S/c1-25-16-6-5-14(12-17(16)26-2)13-19(23)21-15-7-9-22(10-8-15)20(24)18-4-3-11-27-18/h3-6,11-12,15H,7-10,13H2,1-2H3,(H,21,23). The van der Waals surface area contributed by atoms with Crippen LogP contribution in [0.1, 0.15) is 28.1 Å². The highest BCUT2D eigenvalue weighted by molar-refractivity contribution is 7.12. The number of rotatable bonds is 6. The molecule has 0 saturated carbocycles. The van der Waals surface area contributed by atoms with Crippen LogP contribution in [0.5, 0.6) is 11.5 Å². The Labute approximate surface area is 163 Å². The van der Waals surface area contributed by atoms with E-state index in [2.05, 4.69) is 5.32 Å². The van der Waals surface area contributed by atoms with Crippen LogP contribution >= 0.6 is 11.3 Å². The van der Waals surface area contributed by atoms with E-state index < -0.39 is 0 Å². The lowest BCUT2D eigenvalue weighted by Gasteiger charge is -2.32. The summed E-state index contributed by atoms with van der Waals surface area (Å²) in [5.41, 5.74) is 0.871. The molecule has 2 amide bonds. The molecule has 0 radical (unpaired) electrons. The lowest BCUT2D eigenvalue weighted by atomic mass is 10.0. The van der Waals surface area contributed by atoms with E-state index >= 15 is 0 Å². The van der Waals surface area contributed by atoms with Gasteiger partial charge in [0.1, 0.15) is 0 Å². The number of carbonyl (C=O) groups is 2. The predicted molar refractivity (Wildman–Crippen MR) is 105 cm³/mol. The van der Waals surface area contributed by atoms with Crippen molar-refractivity contribution in [2.24, 2.45) is 0 Å². The van der Waals surface area contributed by atoms with Gasteiger partial charge in [-0.1, -0.05) is 12.1 Å². The Balaban J connectivity index is 1.49. The Kier molecular flexibility index (Phi) is 6.34. The lowest BCUT2D eigenvalue weighted by Crippen LogP contribution is -2.46. The minimum Gasteiger partial charge on any atom is -0.493 e. The largest absolute Gasteiger partial charge is 0.493 e. The van der Waals surface area contributed by atoms with Crippen LogP contribution in [0.2, 0.25) is 0 Å². The van der Waals surface area contributed by atoms with Crippen LogP contribution in [0.4, 0.5) is 0 Å². The summed E-state index contributed by atoms with van der Waals surface area (Å²) in [7, 11) is 3.16. The van der Waals surface area contributed by atoms with Crippen LogP contribution in [-0.4, -0.2) is 50.1 Å². The number of hydrogen-bond acceptors (Lipinski definition) is 5. The number of nitrogens with zero attached hydrogens (tertiary/aromatic N) is 1. The fraction of sp³-hybridized carbons (Fsp3) is 0.400. The molecular formula is C20H24N2O4S. The molecule has 0 atom stereocenters. The minimum atomic E-state index is -0.0229. The first-order valence-corrected chi connectivity index (χ1v) is 9.81. The molecule has 1 fully saturated rings. The van der Waals surface area contributed by atoms with Gasteiger partial charge >= 0.3 is 0 Å². The molecule has 1 aliphatic heterocycles. The van der Waals surface area contributed by atoms with Gasteiger partial charge in [-0.15, -0.1) is 11.3 Å². The molecule has 0 spiro atoms. The number of amides is 2. The number of hydrogen-bond donors (Lipinski definition) is 1. The zero-order chi connectivity index (χ0) is 19.2. The average Bonchev–Trinajstić information content (AvgIpc) is 3.22. The first-order chi connectivity index (χ1) is 13.1. The van der Waals surface area contributed by atoms with Crippen molar-refractivity contribution in [3.8, 4) is 11.5 Å². The van der Waals surface area contributed by atoms with E-state index in [0.29, 0.717) is 24.6 Å². The molecule has 0 bridgehead atoms. The van der Waals surface area contributed by atoms with Gasteiger partial charge in [-0.3, -0.25) is 9.59 Å². The van der Waals surface area contributed by atoms with Crippen molar-refractivity contribution >= 4 is 23.2 Å². The first kappa shape index (κ1) is 19.2. The van der Waals surface area contributed by atoms with Gasteiger partial charge in [0.25, 0.3) is 5.91 Å². The van der Waals surface area contributed by atoms with Crippen molar-refractivity contribution in [1.29, 1.82) is 0 Å². The predicted octanol–water partition coefficient (Wildman–Crippen LogP) is 2.73. The summed E-state index contributed by atoms with van der Waals surface area (Å²) in [6.07, 6.45) is 1.83. The van der Waals surface area contributed by atoms with E-state index in [1.165, 1.54) is 11.3 Å². The number of piperidine rings is 1. The Morgan fingerprint density at radius 3 is 2.52 bits per heavy atom. The summed E-state index contributed by atoms with van der Waals surface area (Å²) in [4.78, 5) is 27.4. The molecule has 7 heteroatoms. The van der Waals surface area contributed by atoms with Crippen molar-refractivity contribution in [1.82, 2.24) is 10.2 Å². The Morgan fingerprint density at radius 1 is 1.15 bits per heavy atom. The third-order valence-electron chi connectivity index (χ3n) is 4.69. The SMILES string of the molecule is COc1ccc(CC(=O)NC2CCN(C(=O)c3cccs3)CC2)cc1OC. The van der Waals surface area contributed by atoms with Gasteiger partial charge in [-0.05, 0) is 42.0 Å². The van der Waals surface area contributed by atoms with Crippen molar-refractivity contribution in [3.63, 3.8) is 0 Å². The molecule has 1 aromatic heterocycles. The highest BCUT2D eigenvalue weighted by Gasteiger charge is 2.25. The normalized spacial score (nSPS) is 14.7. The molecule has 1 saturated heterocycles. The third-order valence-corrected chi connectivity index (χ3v) is 5.55. The van der Waals surface area contributed by atoms with Crippen LogP contribution in [0, 0.1) is 0 Å². The Hall–Kier alpha value is -2.54. The average molecular weight is 388 g/mol. The summed E-state index contributed by atoms with van der Waals surface area (Å²) in [5.74, 6) is 1.32. The van der Waals surface area contributed by atoms with Crippen molar-refractivity contribution in [2.45, 2.75) is 25.3 Å². The number of ether oxygens (including phenoxy) is 2. The molecule has 2 aromatic rings. The van der Waals surface area contributed by atoms with Crippen LogP contribution in [-0.2, 0) is 11.2 Å². The molecule has 1 N–H and O–H groups in total. The first-order valence-electron chi connectivity index (χ1n) is 8.93. The van der Waals surface area contributed by atoms with Gasteiger partial charge in [-0.2, -0.15) is 0 Å². The molecule has 6 nitrogen and oxygen atoms in total. The van der Waals surface area contributed by atoms with Gasteiger partial charge in [0, 0.05) is 19.1 Å². The number of carbonyl (C=O) groups excluding carboxylic acids is 2. The van der Waals surface area contributed by atoms with Crippen molar-refractivity contribution < 1.29 is 19.1 Å². The molecule has 1 aromatic carbocycles. The number of methoxy groups -OCH3 is 2. The second-order valence-electron chi connectivity index (χ2n) is 6.48. The molecule has 2 heterocycles. The summed E-state index contributed by atoms with van der Waals surface area (Å²) < 4.78 is 10.5. The summed E-state index contributed by atoms with van der Waals surface area (Å²) in [6.45, 7) is 1.33. The smallest absolute Gasteiger partial charge is 0.263 e. The highest BCUT2D eigenvalue weighted by Crippen LogP contribution is 2.27. The van der Waals surface area contributed by atoms with Gasteiger partial charge in [0.2, 0.25) is 5.91 Å². The van der Waals surface area contributed by atoms with Crippen LogP contribution in [0.25, 0.3) is 0 Å². The molecule has 0 unspecified atom stereocenters. The second-order valence-corrected chi connectivity index (χ2v) is 7.43. The molecule has 0 aliphatic carbocycles. The molecule has 1 aliphatic rings. The van der Waals surface area contributed by atoms with Gasteiger partial charge in [0.15, 0.2) is 11.5 Å². The number of likely N-dealkylation sites (tertiary alicyclic amines) is 1. The molecule has 3 rings (SSSR count). The fourth-order valence-electron chi connectivity index (χ4n) is 3.24. The van der Waals surface area contributed by atoms with E-state index in [1.807, 2.05) is 34.5 Å². The highest BCUT2D eigenvalue weighted by atomic mass is 32.1.